The van der Waals surface area contributed by atoms with Crippen molar-refractivity contribution >= 4 is 88.7 Å². The predicted molar refractivity (Wildman–Crippen MR) is 298 cm³/mol. The van der Waals surface area contributed by atoms with Crippen LogP contribution >= 0.6 is 23.2 Å². The first-order valence-corrected chi connectivity index (χ1v) is 29.7. The number of alkyl halides is 2. The number of esters is 2. The van der Waals surface area contributed by atoms with E-state index in [1.54, 1.807) is 116 Å². The van der Waals surface area contributed by atoms with Crippen molar-refractivity contribution in [1.82, 2.24) is 34.5 Å². The van der Waals surface area contributed by atoms with Crippen LogP contribution in [-0.4, -0.2) is 152 Å². The molecule has 0 radical (unpaired) electrons. The molecule has 4 aliphatic rings. The number of carboxylic acids is 1. The van der Waals surface area contributed by atoms with Crippen molar-refractivity contribution < 1.29 is 101 Å². The molecule has 0 saturated carbocycles. The van der Waals surface area contributed by atoms with Gasteiger partial charge >= 0.3 is 36.8 Å². The fraction of sp³-hybridized carbons (Fsp3) is 0.360. The fourth-order valence-electron chi connectivity index (χ4n) is 7.29. The van der Waals surface area contributed by atoms with E-state index in [-0.39, 0.29) is 83.4 Å². The minimum absolute atomic E-state index is 0. The molecule has 0 spiro atoms. The zero-order chi connectivity index (χ0) is 56.4. The molecule has 31 heteroatoms. The van der Waals surface area contributed by atoms with Gasteiger partial charge in [0.2, 0.25) is 30.1 Å². The number of hydrogen-bond donors (Lipinski definition) is 6. The molecular formula is C50H68Cl3LiN10O14S3. The number of benzene rings is 3. The van der Waals surface area contributed by atoms with Gasteiger partial charge in [-0.3, -0.25) is 25.2 Å². The summed E-state index contributed by atoms with van der Waals surface area (Å²) in [5, 5.41) is 11.0. The number of nitrogens with two attached hydrogens (primary N) is 2. The van der Waals surface area contributed by atoms with Crippen LogP contribution in [0.4, 0.5) is 11.6 Å². The number of methoxy groups -OCH3 is 2. The summed E-state index contributed by atoms with van der Waals surface area (Å²) in [6.07, 6.45) is 5.66. The smallest absolute Gasteiger partial charge is 1.00 e. The van der Waals surface area contributed by atoms with E-state index in [0.717, 1.165) is 17.3 Å². The summed E-state index contributed by atoms with van der Waals surface area (Å²) in [4.78, 5) is 52.7. The van der Waals surface area contributed by atoms with Gasteiger partial charge in [0, 0.05) is 32.0 Å². The van der Waals surface area contributed by atoms with Gasteiger partial charge in [-0.15, -0.1) is 23.2 Å². The normalized spacial score (nSPS) is 17.7. The van der Waals surface area contributed by atoms with Gasteiger partial charge in [-0.1, -0.05) is 103 Å². The van der Waals surface area contributed by atoms with E-state index in [1.165, 1.54) is 22.8 Å². The Kier molecular flexibility index (Phi) is 35.7. The second-order valence-corrected chi connectivity index (χ2v) is 23.5. The van der Waals surface area contributed by atoms with E-state index in [4.69, 9.17) is 34.0 Å². The average Bonchev–Trinajstić information content (AvgIpc) is 3.33. The van der Waals surface area contributed by atoms with Crippen molar-refractivity contribution in [3.8, 4) is 0 Å². The van der Waals surface area contributed by atoms with E-state index in [1.807, 2.05) is 29.6 Å². The fourth-order valence-corrected chi connectivity index (χ4v) is 12.5. The minimum atomic E-state index is -3.52. The van der Waals surface area contributed by atoms with Gasteiger partial charge in [0.05, 0.1) is 49.8 Å². The number of aliphatic carboxylic acids is 1. The molecule has 4 saturated heterocycles. The minimum Gasteiger partial charge on any atom is -1.00 e. The Morgan fingerprint density at radius 1 is 0.617 bits per heavy atom. The molecule has 3 aromatic carbocycles. The predicted octanol–water partition coefficient (Wildman–Crippen LogP) is -2.86. The number of rotatable bonds is 15. The summed E-state index contributed by atoms with van der Waals surface area (Å²) in [7, 11) is -7.80. The van der Waals surface area contributed by atoms with E-state index >= 15 is 0 Å². The summed E-state index contributed by atoms with van der Waals surface area (Å²) in [6.45, 7) is 2.11. The molecule has 4 atom stereocenters. The molecule has 5 aromatic rings. The number of hydrogen-bond acceptors (Lipinski definition) is 18. The molecule has 11 N–H and O–H groups in total. The molecule has 4 aliphatic heterocycles. The monoisotopic (exact) mass is 1240 g/mol. The number of carbonyl (C=O) groups excluding carboxylic acids is 3. The molecule has 1 amide bonds. The van der Waals surface area contributed by atoms with Crippen molar-refractivity contribution in [3.05, 3.63) is 156 Å². The first-order chi connectivity index (χ1) is 36.8. The standard InChI is InChI=1S/C16H18N4O3S.C12H15NO4S.C11H13NO4S.C5H6N2.C5H9NO2.CH2Cl2.ClH.Li.H3N.H2O/c21-16(19-18-15-8-4-5-10-17-15)14-9-11-20(14)24(22,23)12-13-6-2-1-3-7-13;1-17-12(14)11-7-8-13(11)18(15,16)9-10-5-3-2-4-6-10;13-11(14)10-6-7-12(10)17(15,16)8-9-4-2-1-3-5-9;6-5-3-1-2-4-7-5;1-8-5(7)4-2-3-6-4;2-1-3;;;;/h1-8,10,14H,9,11-12H2,(H,17,18)(H,19,21);2-6,11H,7-9H2,1H3;1-5,10H,6-8H2,(H,13,14);1-4H,(H2,6,7);4,6H,2-3H2,1H3;1H2;1H;;1H3;1H2/q;;;;;;;+1;;/p-1/t14-;11-;10-;;4-;;;;;/m000.0...../s1. The number of halogens is 3. The summed E-state index contributed by atoms with van der Waals surface area (Å²) in [5.74, 6) is -1.30. The number of nitrogen functional groups attached to an aromatic ring is 1. The number of nitrogens with zero attached hydrogens (tertiary/aromatic N) is 5. The Labute approximate surface area is 501 Å². The molecule has 24 nitrogen and oxygen atoms in total. The number of carboxylic acid groups (broad SMARTS) is 1. The first kappa shape index (κ1) is 75.5. The number of quaternary nitrogens is 1. The van der Waals surface area contributed by atoms with Crippen LogP contribution in [0.15, 0.2) is 140 Å². The molecule has 81 heavy (non-hydrogen) atoms. The number of amides is 1. The van der Waals surface area contributed by atoms with Crippen molar-refractivity contribution in [2.24, 2.45) is 0 Å². The third-order valence-electron chi connectivity index (χ3n) is 11.7. The van der Waals surface area contributed by atoms with Crippen molar-refractivity contribution in [2.45, 2.75) is 67.1 Å². The van der Waals surface area contributed by atoms with Crippen LogP contribution in [0.5, 0.6) is 0 Å². The Hall–Kier alpha value is -5.48. The second kappa shape index (κ2) is 38.3. The molecule has 442 valence electrons. The second-order valence-electron chi connectivity index (χ2n) is 17.0. The first-order valence-electron chi connectivity index (χ1n) is 23.8. The van der Waals surface area contributed by atoms with E-state index in [0.29, 0.717) is 67.2 Å². The summed E-state index contributed by atoms with van der Waals surface area (Å²) in [6, 6.07) is 35.2. The topological polar surface area (TPSA) is 377 Å². The van der Waals surface area contributed by atoms with Crippen LogP contribution in [0.25, 0.3) is 0 Å². The number of aromatic nitrogens is 2. The Morgan fingerprint density at radius 3 is 1.26 bits per heavy atom. The Bertz CT molecular complexity index is 2970. The van der Waals surface area contributed by atoms with Crippen molar-refractivity contribution in [1.29, 1.82) is 0 Å². The van der Waals surface area contributed by atoms with Gasteiger partial charge in [-0.25, -0.2) is 40.0 Å². The molecule has 0 aliphatic carbocycles. The van der Waals surface area contributed by atoms with E-state index in [2.05, 4.69) is 30.3 Å². The number of carbonyl (C=O) groups is 4. The maximum Gasteiger partial charge on any atom is 1.00 e. The van der Waals surface area contributed by atoms with Gasteiger partial charge < -0.3 is 49.7 Å². The Morgan fingerprint density at radius 2 is 0.988 bits per heavy atom. The van der Waals surface area contributed by atoms with Crippen molar-refractivity contribution in [3.63, 3.8) is 0 Å². The van der Waals surface area contributed by atoms with Gasteiger partial charge in [0.15, 0.2) is 6.04 Å². The maximum atomic E-state index is 12.5. The molecule has 0 unspecified atom stereocenters. The van der Waals surface area contributed by atoms with Crippen LogP contribution in [-0.2, 0) is 76.0 Å². The summed E-state index contributed by atoms with van der Waals surface area (Å²) in [5.41, 5.74) is 12.5. The number of sulfonamides is 3. The number of anilines is 2. The molecule has 2 aromatic heterocycles. The number of pyridine rings is 2. The van der Waals surface area contributed by atoms with Crippen LogP contribution < -0.4 is 59.3 Å². The van der Waals surface area contributed by atoms with Gasteiger partial charge in [0.25, 0.3) is 5.91 Å². The van der Waals surface area contributed by atoms with Gasteiger partial charge in [-0.2, -0.15) is 12.9 Å². The SMILES string of the molecule is COC(=O)[C@@H]1CCN1S(=O)(=O)Cc1ccccc1.COC(=O)[C@@H]1CC[NH2+]1.ClCCl.N.Nc1ccccn1.O=C(NNc1ccccn1)[C@@H]1CCN1S(=O)(=O)Cc1ccccc1.O=C(O)[C@@H]1CCN1S(=O)(=O)Cc1ccccc1.[Cl-].[Li+].[OH-]. The van der Waals surface area contributed by atoms with Crippen LogP contribution in [0.1, 0.15) is 42.4 Å². The maximum absolute atomic E-state index is 12.5. The number of hydrazine groups is 1. The summed E-state index contributed by atoms with van der Waals surface area (Å²) < 4.78 is 85.7. The van der Waals surface area contributed by atoms with Crippen LogP contribution in [0.3, 0.4) is 0 Å². The number of ether oxygens (including phenoxy) is 2. The molecule has 9 rings (SSSR count). The van der Waals surface area contributed by atoms with E-state index < -0.39 is 60.1 Å². The molecule has 0 bridgehead atoms. The van der Waals surface area contributed by atoms with Gasteiger partial charge in [0.1, 0.15) is 29.8 Å². The largest absolute Gasteiger partial charge is 1.00 e. The molecule has 4 fully saturated rings. The summed E-state index contributed by atoms with van der Waals surface area (Å²) >= 11 is 9.53. The van der Waals surface area contributed by atoms with Crippen LogP contribution in [0.2, 0.25) is 0 Å². The Balaban J connectivity index is 0.00000102. The van der Waals surface area contributed by atoms with Gasteiger partial charge in [-0.05, 0) is 60.2 Å². The zero-order valence-electron chi connectivity index (χ0n) is 44.8. The van der Waals surface area contributed by atoms with Crippen molar-refractivity contribution in [2.75, 3.05) is 56.9 Å². The zero-order valence-corrected chi connectivity index (χ0v) is 49.5. The third kappa shape index (κ3) is 24.9. The molecular weight excluding hydrogens is 1170 g/mol. The van der Waals surface area contributed by atoms with E-state index in [9.17, 15) is 44.4 Å². The number of nitrogens with one attached hydrogen (secondary N) is 2. The quantitative estimate of drug-likeness (QED) is 0.0266. The molecule has 6 heterocycles. The van der Waals surface area contributed by atoms with Crippen LogP contribution in [0, 0.1) is 0 Å². The third-order valence-corrected chi connectivity index (χ3v) is 17.3. The average molecular weight is 1240 g/mol.